The maximum atomic E-state index is 12.3. The number of amides is 3. The molecule has 4 unspecified atom stereocenters. The van der Waals surface area contributed by atoms with Crippen LogP contribution in [0.2, 0.25) is 0 Å². The molecule has 0 heterocycles. The van der Waals surface area contributed by atoms with Gasteiger partial charge in [-0.1, -0.05) is 20.3 Å². The van der Waals surface area contributed by atoms with Crippen molar-refractivity contribution >= 4 is 29.7 Å². The average molecular weight is 390 g/mol. The van der Waals surface area contributed by atoms with E-state index >= 15 is 0 Å². The summed E-state index contributed by atoms with van der Waals surface area (Å²) in [5, 5.41) is 32.9. The van der Waals surface area contributed by atoms with E-state index in [0.29, 0.717) is 6.42 Å². The minimum absolute atomic E-state index is 0.349. The SMILES string of the molecule is CCC(C)C(NC(=O)C(N)CC(=O)O)C(=O)NCC(=O)NC(CO)C(=O)O. The average Bonchev–Trinajstić information content (AvgIpc) is 2.60. The third-order valence-electron chi connectivity index (χ3n) is 3.76. The second kappa shape index (κ2) is 11.8. The smallest absolute Gasteiger partial charge is 0.328 e. The van der Waals surface area contributed by atoms with Crippen molar-refractivity contribution < 1.29 is 39.3 Å². The van der Waals surface area contributed by atoms with Crippen LogP contribution in [0, 0.1) is 5.92 Å². The zero-order valence-corrected chi connectivity index (χ0v) is 15.1. The van der Waals surface area contributed by atoms with Gasteiger partial charge in [-0.25, -0.2) is 4.79 Å². The van der Waals surface area contributed by atoms with Crippen molar-refractivity contribution in [2.45, 2.75) is 44.8 Å². The number of carbonyl (C=O) groups is 5. The van der Waals surface area contributed by atoms with Crippen LogP contribution in [0.3, 0.4) is 0 Å². The van der Waals surface area contributed by atoms with Crippen molar-refractivity contribution in [3.63, 3.8) is 0 Å². The molecule has 0 aliphatic rings. The van der Waals surface area contributed by atoms with Gasteiger partial charge < -0.3 is 37.0 Å². The van der Waals surface area contributed by atoms with Crippen LogP contribution in [-0.2, 0) is 24.0 Å². The van der Waals surface area contributed by atoms with Gasteiger partial charge in [0.15, 0.2) is 0 Å². The Labute approximate surface area is 155 Å². The van der Waals surface area contributed by atoms with Crippen molar-refractivity contribution in [1.82, 2.24) is 16.0 Å². The summed E-state index contributed by atoms with van der Waals surface area (Å²) in [4.78, 5) is 57.3. The normalized spacial score (nSPS) is 15.0. The van der Waals surface area contributed by atoms with Gasteiger partial charge in [-0.2, -0.15) is 0 Å². The Morgan fingerprint density at radius 3 is 2.07 bits per heavy atom. The summed E-state index contributed by atoms with van der Waals surface area (Å²) >= 11 is 0. The maximum absolute atomic E-state index is 12.3. The Kier molecular flexibility index (Phi) is 10.6. The molecule has 0 spiro atoms. The second-order valence-corrected chi connectivity index (χ2v) is 5.93. The zero-order valence-electron chi connectivity index (χ0n) is 15.1. The molecule has 0 saturated carbocycles. The Hall–Kier alpha value is -2.73. The summed E-state index contributed by atoms with van der Waals surface area (Å²) in [7, 11) is 0. The first-order valence-electron chi connectivity index (χ1n) is 8.21. The first-order chi connectivity index (χ1) is 12.5. The van der Waals surface area contributed by atoms with Crippen LogP contribution in [0.4, 0.5) is 0 Å². The number of hydrogen-bond donors (Lipinski definition) is 7. The van der Waals surface area contributed by atoms with E-state index in [2.05, 4.69) is 10.6 Å². The molecule has 27 heavy (non-hydrogen) atoms. The predicted octanol–water partition coefficient (Wildman–Crippen LogP) is -3.00. The fourth-order valence-electron chi connectivity index (χ4n) is 1.95. The van der Waals surface area contributed by atoms with E-state index in [1.54, 1.807) is 13.8 Å². The van der Waals surface area contributed by atoms with E-state index in [0.717, 1.165) is 0 Å². The largest absolute Gasteiger partial charge is 0.481 e. The molecule has 4 atom stereocenters. The number of carboxylic acid groups (broad SMARTS) is 2. The topological polar surface area (TPSA) is 208 Å². The molecule has 0 aromatic rings. The number of carbonyl (C=O) groups excluding carboxylic acids is 3. The number of aliphatic carboxylic acids is 2. The van der Waals surface area contributed by atoms with Gasteiger partial charge in [-0.05, 0) is 5.92 Å². The highest BCUT2D eigenvalue weighted by molar-refractivity contribution is 5.93. The van der Waals surface area contributed by atoms with Crippen LogP contribution in [-0.4, -0.2) is 76.3 Å². The molecule has 0 rings (SSSR count). The second-order valence-electron chi connectivity index (χ2n) is 5.93. The van der Waals surface area contributed by atoms with E-state index < -0.39 is 67.4 Å². The van der Waals surface area contributed by atoms with Crippen molar-refractivity contribution in [1.29, 1.82) is 0 Å². The predicted molar refractivity (Wildman–Crippen MR) is 91.3 cm³/mol. The third-order valence-corrected chi connectivity index (χ3v) is 3.76. The molecule has 0 aromatic heterocycles. The van der Waals surface area contributed by atoms with Crippen LogP contribution in [0.5, 0.6) is 0 Å². The third kappa shape index (κ3) is 8.96. The molecule has 3 amide bonds. The number of hydrogen-bond acceptors (Lipinski definition) is 7. The number of rotatable bonds is 12. The molecule has 0 aromatic carbocycles. The molecule has 8 N–H and O–H groups in total. The lowest BCUT2D eigenvalue weighted by Crippen LogP contribution is -2.56. The Balaban J connectivity index is 4.84. The molecule has 0 radical (unpaired) electrons. The first-order valence-corrected chi connectivity index (χ1v) is 8.21. The highest BCUT2D eigenvalue weighted by Gasteiger charge is 2.29. The highest BCUT2D eigenvalue weighted by atomic mass is 16.4. The number of nitrogens with one attached hydrogen (secondary N) is 3. The molecule has 154 valence electrons. The minimum Gasteiger partial charge on any atom is -0.481 e. The lowest BCUT2D eigenvalue weighted by molar-refractivity contribution is -0.142. The summed E-state index contributed by atoms with van der Waals surface area (Å²) < 4.78 is 0. The number of carboxylic acids is 2. The van der Waals surface area contributed by atoms with Crippen molar-refractivity contribution in [2.24, 2.45) is 11.7 Å². The number of nitrogens with two attached hydrogens (primary N) is 1. The van der Waals surface area contributed by atoms with Gasteiger partial charge in [0.25, 0.3) is 0 Å². The van der Waals surface area contributed by atoms with Crippen LogP contribution in [0.15, 0.2) is 0 Å². The van der Waals surface area contributed by atoms with Gasteiger partial charge in [0.1, 0.15) is 12.1 Å². The Morgan fingerprint density at radius 1 is 1.04 bits per heavy atom. The summed E-state index contributed by atoms with van der Waals surface area (Å²) in [6.07, 6.45) is -0.120. The van der Waals surface area contributed by atoms with Crippen molar-refractivity contribution in [2.75, 3.05) is 13.2 Å². The van der Waals surface area contributed by atoms with E-state index in [1.165, 1.54) is 0 Å². The summed E-state index contributed by atoms with van der Waals surface area (Å²) in [6.45, 7) is 2.04. The van der Waals surface area contributed by atoms with Gasteiger partial charge in [0.2, 0.25) is 17.7 Å². The summed E-state index contributed by atoms with van der Waals surface area (Å²) in [5.74, 6) is -5.44. The molecule has 0 saturated heterocycles. The fourth-order valence-corrected chi connectivity index (χ4v) is 1.95. The van der Waals surface area contributed by atoms with E-state index in [1.807, 2.05) is 5.32 Å². The molecular formula is C15H26N4O8. The number of aliphatic hydroxyl groups excluding tert-OH is 1. The molecule has 12 heteroatoms. The highest BCUT2D eigenvalue weighted by Crippen LogP contribution is 2.08. The Morgan fingerprint density at radius 2 is 1.63 bits per heavy atom. The van der Waals surface area contributed by atoms with Crippen molar-refractivity contribution in [3.05, 3.63) is 0 Å². The van der Waals surface area contributed by atoms with Gasteiger partial charge in [0, 0.05) is 0 Å². The maximum Gasteiger partial charge on any atom is 0.328 e. The molecular weight excluding hydrogens is 364 g/mol. The first kappa shape index (κ1) is 24.3. The minimum atomic E-state index is -1.51. The Bertz CT molecular complexity index is 568. The van der Waals surface area contributed by atoms with Gasteiger partial charge in [0.05, 0.1) is 25.6 Å². The lowest BCUT2D eigenvalue weighted by Gasteiger charge is -2.24. The quantitative estimate of drug-likeness (QED) is 0.181. The molecule has 0 bridgehead atoms. The molecule has 12 nitrogen and oxygen atoms in total. The fraction of sp³-hybridized carbons (Fsp3) is 0.667. The summed E-state index contributed by atoms with van der Waals surface area (Å²) in [6, 6.07) is -3.91. The zero-order chi connectivity index (χ0) is 21.1. The van der Waals surface area contributed by atoms with Gasteiger partial charge in [-0.3, -0.25) is 19.2 Å². The van der Waals surface area contributed by atoms with Crippen LogP contribution in [0.1, 0.15) is 26.7 Å². The van der Waals surface area contributed by atoms with Crippen molar-refractivity contribution in [3.8, 4) is 0 Å². The van der Waals surface area contributed by atoms with Gasteiger partial charge >= 0.3 is 11.9 Å². The van der Waals surface area contributed by atoms with Crippen LogP contribution >= 0.6 is 0 Å². The van der Waals surface area contributed by atoms with E-state index in [-0.39, 0.29) is 5.92 Å². The molecule has 0 fully saturated rings. The van der Waals surface area contributed by atoms with E-state index in [4.69, 9.17) is 21.1 Å². The summed E-state index contributed by atoms with van der Waals surface area (Å²) in [5.41, 5.74) is 5.46. The molecule has 0 aliphatic carbocycles. The van der Waals surface area contributed by atoms with Gasteiger partial charge in [-0.15, -0.1) is 0 Å². The standard InChI is InChI=1S/C15H26N4O8/c1-3-7(2)12(19-13(24)8(16)4-11(22)23)14(25)17-5-10(21)18-9(6-20)15(26)27/h7-9,12,20H,3-6,16H2,1-2H3,(H,17,25)(H,18,21)(H,19,24)(H,22,23)(H,26,27). The van der Waals surface area contributed by atoms with Crippen LogP contribution < -0.4 is 21.7 Å². The molecule has 0 aliphatic heterocycles. The number of aliphatic hydroxyl groups is 1. The lowest BCUT2D eigenvalue weighted by atomic mass is 9.97. The monoisotopic (exact) mass is 390 g/mol. The van der Waals surface area contributed by atoms with Crippen LogP contribution in [0.25, 0.3) is 0 Å². The van der Waals surface area contributed by atoms with E-state index in [9.17, 15) is 24.0 Å².